The van der Waals surface area contributed by atoms with E-state index in [9.17, 15) is 4.79 Å². The van der Waals surface area contributed by atoms with Gasteiger partial charge in [0.1, 0.15) is 0 Å². The lowest BCUT2D eigenvalue weighted by atomic mass is 10.1. The second-order valence-electron chi connectivity index (χ2n) is 6.47. The maximum Gasteiger partial charge on any atom is 0.223 e. The van der Waals surface area contributed by atoms with E-state index in [-0.39, 0.29) is 11.9 Å². The molecule has 1 heterocycles. The molecule has 1 aromatic heterocycles. The van der Waals surface area contributed by atoms with Gasteiger partial charge in [0.25, 0.3) is 0 Å². The molecule has 0 aliphatic rings. The number of carbonyl (C=O) groups excluding carboxylic acids is 1. The number of benzene rings is 2. The van der Waals surface area contributed by atoms with Gasteiger partial charge in [0.05, 0.1) is 17.3 Å². The predicted octanol–water partition coefficient (Wildman–Crippen LogP) is 6.45. The molecular formula is C21H19Cl3N2O2. The number of hydrogen-bond acceptors (Lipinski definition) is 3. The van der Waals surface area contributed by atoms with Gasteiger partial charge in [-0.25, -0.2) is 4.98 Å². The summed E-state index contributed by atoms with van der Waals surface area (Å²) in [5, 5.41) is 1.71. The number of nitrogens with zero attached hydrogens (tertiary/aromatic N) is 2. The zero-order chi connectivity index (χ0) is 20.3. The molecule has 7 heteroatoms. The normalized spacial score (nSPS) is 12.0. The smallest absolute Gasteiger partial charge is 0.223 e. The largest absolute Gasteiger partial charge is 0.441 e. The minimum atomic E-state index is -0.0576. The van der Waals surface area contributed by atoms with Crippen LogP contribution in [0.4, 0.5) is 0 Å². The molecule has 0 radical (unpaired) electrons. The molecule has 0 fully saturated rings. The third kappa shape index (κ3) is 4.88. The van der Waals surface area contributed by atoms with Gasteiger partial charge in [-0.1, -0.05) is 46.9 Å². The number of amides is 1. The maximum atomic E-state index is 12.6. The lowest BCUT2D eigenvalue weighted by Gasteiger charge is -2.25. The van der Waals surface area contributed by atoms with E-state index in [4.69, 9.17) is 39.2 Å². The first-order valence-corrected chi connectivity index (χ1v) is 9.90. The molecule has 2 aromatic carbocycles. The van der Waals surface area contributed by atoms with Crippen molar-refractivity contribution in [2.24, 2.45) is 0 Å². The average Bonchev–Trinajstić information content (AvgIpc) is 3.14. The quantitative estimate of drug-likeness (QED) is 0.445. The minimum absolute atomic E-state index is 0.00623. The number of aromatic nitrogens is 1. The number of oxazole rings is 1. The fourth-order valence-electron chi connectivity index (χ4n) is 2.81. The van der Waals surface area contributed by atoms with Gasteiger partial charge in [-0.15, -0.1) is 0 Å². The van der Waals surface area contributed by atoms with Crippen molar-refractivity contribution in [1.29, 1.82) is 0 Å². The molecule has 3 rings (SSSR count). The van der Waals surface area contributed by atoms with E-state index in [1.807, 2.05) is 31.2 Å². The molecule has 4 nitrogen and oxygen atoms in total. The third-order valence-corrected chi connectivity index (χ3v) is 5.43. The Bertz CT molecular complexity index is 970. The van der Waals surface area contributed by atoms with Crippen LogP contribution in [0, 0.1) is 0 Å². The van der Waals surface area contributed by atoms with E-state index in [2.05, 4.69) is 4.98 Å². The van der Waals surface area contributed by atoms with Gasteiger partial charge in [-0.05, 0) is 42.8 Å². The molecule has 0 N–H and O–H groups in total. The second kappa shape index (κ2) is 8.99. The predicted molar refractivity (Wildman–Crippen MR) is 113 cm³/mol. The molecule has 0 spiro atoms. The van der Waals surface area contributed by atoms with Crippen molar-refractivity contribution in [3.05, 3.63) is 75.2 Å². The summed E-state index contributed by atoms with van der Waals surface area (Å²) in [7, 11) is 1.79. The number of halogens is 3. The van der Waals surface area contributed by atoms with E-state index in [0.717, 1.165) is 5.56 Å². The lowest BCUT2D eigenvalue weighted by Crippen LogP contribution is -2.29. The molecule has 28 heavy (non-hydrogen) atoms. The summed E-state index contributed by atoms with van der Waals surface area (Å²) in [6.45, 7) is 1.98. The van der Waals surface area contributed by atoms with Crippen LogP contribution in [0.15, 0.2) is 53.1 Å². The molecule has 0 saturated heterocycles. The van der Waals surface area contributed by atoms with Crippen LogP contribution in [0.25, 0.3) is 11.3 Å². The lowest BCUT2D eigenvalue weighted by molar-refractivity contribution is -0.131. The van der Waals surface area contributed by atoms with Gasteiger partial charge in [-0.3, -0.25) is 4.79 Å². The summed E-state index contributed by atoms with van der Waals surface area (Å²) in [6, 6.07) is 12.6. The Labute approximate surface area is 179 Å². The van der Waals surface area contributed by atoms with Crippen molar-refractivity contribution in [1.82, 2.24) is 9.88 Å². The van der Waals surface area contributed by atoms with E-state index in [0.29, 0.717) is 45.1 Å². The molecule has 146 valence electrons. The Morgan fingerprint density at radius 2 is 1.79 bits per heavy atom. The van der Waals surface area contributed by atoms with Gasteiger partial charge in [-0.2, -0.15) is 0 Å². The molecule has 1 amide bonds. The minimum Gasteiger partial charge on any atom is -0.441 e. The molecule has 0 unspecified atom stereocenters. The van der Waals surface area contributed by atoms with Crippen molar-refractivity contribution >= 4 is 40.7 Å². The molecule has 1 atom stereocenters. The molecular weight excluding hydrogens is 419 g/mol. The highest BCUT2D eigenvalue weighted by Gasteiger charge is 2.18. The topological polar surface area (TPSA) is 46.3 Å². The standard InChI is InChI=1S/C21H19Cl3N2O2/c1-13(14-3-5-15(22)6-4-14)26(2)21(27)10-9-20-25-12-19(28-20)17-8-7-16(23)11-18(17)24/h3-8,11-13H,9-10H2,1-2H3/t13-/m0/s1. The first-order valence-electron chi connectivity index (χ1n) is 8.76. The Balaban J connectivity index is 1.61. The molecule has 0 aliphatic carbocycles. The Hall–Kier alpha value is -2.01. The monoisotopic (exact) mass is 436 g/mol. The van der Waals surface area contributed by atoms with Crippen molar-refractivity contribution in [3.63, 3.8) is 0 Å². The molecule has 0 saturated carbocycles. The van der Waals surface area contributed by atoms with Crippen LogP contribution in [-0.4, -0.2) is 22.8 Å². The SMILES string of the molecule is C[C@@H](c1ccc(Cl)cc1)N(C)C(=O)CCc1ncc(-c2ccc(Cl)cc2Cl)o1. The summed E-state index contributed by atoms with van der Waals surface area (Å²) in [5.41, 5.74) is 1.74. The summed E-state index contributed by atoms with van der Waals surface area (Å²) < 4.78 is 5.75. The molecule has 0 bridgehead atoms. The van der Waals surface area contributed by atoms with Crippen LogP contribution in [0.3, 0.4) is 0 Å². The highest BCUT2D eigenvalue weighted by Crippen LogP contribution is 2.31. The van der Waals surface area contributed by atoms with Gasteiger partial charge in [0.15, 0.2) is 11.7 Å². The van der Waals surface area contributed by atoms with Gasteiger partial charge in [0, 0.05) is 35.5 Å². The Morgan fingerprint density at radius 1 is 1.11 bits per heavy atom. The van der Waals surface area contributed by atoms with Crippen molar-refractivity contribution in [2.75, 3.05) is 7.05 Å². The van der Waals surface area contributed by atoms with Gasteiger partial charge >= 0.3 is 0 Å². The highest BCUT2D eigenvalue weighted by atomic mass is 35.5. The first-order chi connectivity index (χ1) is 13.3. The van der Waals surface area contributed by atoms with Gasteiger partial charge in [0.2, 0.25) is 5.91 Å². The van der Waals surface area contributed by atoms with E-state index >= 15 is 0 Å². The van der Waals surface area contributed by atoms with Crippen molar-refractivity contribution in [2.45, 2.75) is 25.8 Å². The number of carbonyl (C=O) groups is 1. The van der Waals surface area contributed by atoms with E-state index < -0.39 is 0 Å². The summed E-state index contributed by atoms with van der Waals surface area (Å²) in [4.78, 5) is 18.5. The molecule has 0 aliphatic heterocycles. The van der Waals surface area contributed by atoms with Crippen molar-refractivity contribution < 1.29 is 9.21 Å². The van der Waals surface area contributed by atoms with Gasteiger partial charge < -0.3 is 9.32 Å². The Morgan fingerprint density at radius 3 is 2.46 bits per heavy atom. The second-order valence-corrected chi connectivity index (χ2v) is 7.75. The first kappa shape index (κ1) is 20.7. The fourth-order valence-corrected chi connectivity index (χ4v) is 3.44. The zero-order valence-corrected chi connectivity index (χ0v) is 17.7. The van der Waals surface area contributed by atoms with Crippen LogP contribution in [-0.2, 0) is 11.2 Å². The van der Waals surface area contributed by atoms with E-state index in [1.54, 1.807) is 36.3 Å². The van der Waals surface area contributed by atoms with Crippen LogP contribution in [0.1, 0.15) is 30.8 Å². The summed E-state index contributed by atoms with van der Waals surface area (Å²) in [5.74, 6) is 1.04. The van der Waals surface area contributed by atoms with Crippen LogP contribution in [0.5, 0.6) is 0 Å². The third-order valence-electron chi connectivity index (χ3n) is 4.63. The number of rotatable bonds is 6. The number of aryl methyl sites for hydroxylation is 1. The van der Waals surface area contributed by atoms with Crippen LogP contribution >= 0.6 is 34.8 Å². The van der Waals surface area contributed by atoms with Crippen LogP contribution in [0.2, 0.25) is 15.1 Å². The van der Waals surface area contributed by atoms with E-state index in [1.165, 1.54) is 0 Å². The summed E-state index contributed by atoms with van der Waals surface area (Å²) in [6.07, 6.45) is 2.30. The molecule has 3 aromatic rings. The van der Waals surface area contributed by atoms with Crippen LogP contribution < -0.4 is 0 Å². The Kier molecular flexibility index (Phi) is 6.65. The fraction of sp³-hybridized carbons (Fsp3) is 0.238. The zero-order valence-electron chi connectivity index (χ0n) is 15.5. The summed E-state index contributed by atoms with van der Waals surface area (Å²) >= 11 is 18.1. The number of hydrogen-bond donors (Lipinski definition) is 0. The average molecular weight is 438 g/mol. The highest BCUT2D eigenvalue weighted by molar-refractivity contribution is 6.36. The maximum absolute atomic E-state index is 12.6. The van der Waals surface area contributed by atoms with Crippen molar-refractivity contribution in [3.8, 4) is 11.3 Å².